The average Bonchev–Trinajstić information content (AvgIpc) is 3.09. The number of aryl methyl sites for hydroxylation is 1. The highest BCUT2D eigenvalue weighted by Gasteiger charge is 2.23. The Morgan fingerprint density at radius 3 is 2.47 bits per heavy atom. The van der Waals surface area contributed by atoms with Crippen LogP contribution in [0.5, 0.6) is 11.6 Å². The van der Waals surface area contributed by atoms with Crippen LogP contribution in [0.3, 0.4) is 0 Å². The summed E-state index contributed by atoms with van der Waals surface area (Å²) in [5.41, 5.74) is 2.81. The zero-order valence-electron chi connectivity index (χ0n) is 19.0. The topological polar surface area (TPSA) is 50.5 Å². The number of aromatic nitrogens is 2. The summed E-state index contributed by atoms with van der Waals surface area (Å²) in [6.45, 7) is 11.2. The molecule has 3 rings (SSSR count). The second-order valence-electron chi connectivity index (χ2n) is 8.22. The Kier molecular flexibility index (Phi) is 8.51. The third-order valence-electron chi connectivity index (χ3n) is 5.41. The standard InChI is InChI=1S/C26H32ClN3O2/c1-5-6-12-23(31)17-29(19(2)3)18-25-20(4)28-30(22-10-8-7-9-11-22)26(25)32-24-15-13-21(27)14-16-24/h5,7-11,13-16,19,23,31H,1,6,12,17-18H2,2-4H3. The fourth-order valence-corrected chi connectivity index (χ4v) is 3.64. The van der Waals surface area contributed by atoms with Crippen molar-refractivity contribution in [1.29, 1.82) is 0 Å². The van der Waals surface area contributed by atoms with Crippen LogP contribution < -0.4 is 4.74 Å². The summed E-state index contributed by atoms with van der Waals surface area (Å²) >= 11 is 6.06. The maximum absolute atomic E-state index is 10.5. The smallest absolute Gasteiger partial charge is 0.227 e. The predicted molar refractivity (Wildman–Crippen MR) is 131 cm³/mol. The van der Waals surface area contributed by atoms with E-state index >= 15 is 0 Å². The van der Waals surface area contributed by atoms with Crippen molar-refractivity contribution >= 4 is 11.6 Å². The largest absolute Gasteiger partial charge is 0.439 e. The Labute approximate surface area is 195 Å². The van der Waals surface area contributed by atoms with E-state index in [4.69, 9.17) is 21.4 Å². The van der Waals surface area contributed by atoms with Crippen molar-refractivity contribution < 1.29 is 9.84 Å². The lowest BCUT2D eigenvalue weighted by molar-refractivity contribution is 0.0849. The van der Waals surface area contributed by atoms with E-state index in [1.807, 2.05) is 72.3 Å². The molecule has 1 N–H and O–H groups in total. The molecule has 1 heterocycles. The van der Waals surface area contributed by atoms with E-state index in [1.165, 1.54) is 0 Å². The molecule has 0 aliphatic carbocycles. The number of benzene rings is 2. The van der Waals surface area contributed by atoms with Gasteiger partial charge < -0.3 is 9.84 Å². The van der Waals surface area contributed by atoms with E-state index in [1.54, 1.807) is 0 Å². The number of hydrogen-bond donors (Lipinski definition) is 1. The molecule has 2 aromatic carbocycles. The van der Waals surface area contributed by atoms with Gasteiger partial charge in [-0.25, -0.2) is 4.68 Å². The van der Waals surface area contributed by atoms with Gasteiger partial charge in [0.1, 0.15) is 5.75 Å². The number of aliphatic hydroxyl groups is 1. The van der Waals surface area contributed by atoms with E-state index in [0.717, 1.165) is 23.4 Å². The molecule has 1 unspecified atom stereocenters. The Balaban J connectivity index is 1.97. The van der Waals surface area contributed by atoms with Crippen LogP contribution in [0.15, 0.2) is 67.3 Å². The van der Waals surface area contributed by atoms with Crippen LogP contribution in [0, 0.1) is 6.92 Å². The number of nitrogens with zero attached hydrogens (tertiary/aromatic N) is 3. The van der Waals surface area contributed by atoms with Crippen LogP contribution in [-0.2, 0) is 6.54 Å². The van der Waals surface area contributed by atoms with E-state index in [-0.39, 0.29) is 6.04 Å². The summed E-state index contributed by atoms with van der Waals surface area (Å²) in [4.78, 5) is 2.25. The van der Waals surface area contributed by atoms with Crippen molar-refractivity contribution in [2.75, 3.05) is 6.54 Å². The molecule has 0 saturated carbocycles. The molecular weight excluding hydrogens is 422 g/mol. The van der Waals surface area contributed by atoms with Gasteiger partial charge in [0, 0.05) is 24.2 Å². The lowest BCUT2D eigenvalue weighted by atomic mass is 10.1. The summed E-state index contributed by atoms with van der Waals surface area (Å²) < 4.78 is 8.20. The fourth-order valence-electron chi connectivity index (χ4n) is 3.52. The number of hydrogen-bond acceptors (Lipinski definition) is 4. The summed E-state index contributed by atoms with van der Waals surface area (Å²) in [5, 5.41) is 16.0. The molecule has 0 aliphatic rings. The Hall–Kier alpha value is -2.60. The first kappa shape index (κ1) is 24.1. The third kappa shape index (κ3) is 6.22. The van der Waals surface area contributed by atoms with Crippen LogP contribution in [-0.4, -0.2) is 38.5 Å². The summed E-state index contributed by atoms with van der Waals surface area (Å²) in [5.74, 6) is 1.36. The molecule has 0 radical (unpaired) electrons. The molecule has 6 heteroatoms. The second kappa shape index (κ2) is 11.3. The quantitative estimate of drug-likeness (QED) is 0.353. The normalized spacial score (nSPS) is 12.3. The number of para-hydroxylation sites is 1. The number of ether oxygens (including phenoxy) is 1. The van der Waals surface area contributed by atoms with Crippen LogP contribution in [0.25, 0.3) is 5.69 Å². The molecule has 3 aromatic rings. The highest BCUT2D eigenvalue weighted by molar-refractivity contribution is 6.30. The van der Waals surface area contributed by atoms with E-state index in [9.17, 15) is 5.11 Å². The monoisotopic (exact) mass is 453 g/mol. The van der Waals surface area contributed by atoms with Crippen LogP contribution in [0.2, 0.25) is 5.02 Å². The van der Waals surface area contributed by atoms with Gasteiger partial charge in [-0.15, -0.1) is 6.58 Å². The molecular formula is C26H32ClN3O2. The number of rotatable bonds is 11. The minimum atomic E-state index is -0.416. The maximum Gasteiger partial charge on any atom is 0.227 e. The Morgan fingerprint density at radius 2 is 1.84 bits per heavy atom. The summed E-state index contributed by atoms with van der Waals surface area (Å²) in [7, 11) is 0. The minimum absolute atomic E-state index is 0.247. The van der Waals surface area contributed by atoms with Gasteiger partial charge in [-0.3, -0.25) is 4.90 Å². The zero-order valence-corrected chi connectivity index (χ0v) is 19.8. The van der Waals surface area contributed by atoms with Gasteiger partial charge in [0.15, 0.2) is 0 Å². The van der Waals surface area contributed by atoms with Gasteiger partial charge in [0.25, 0.3) is 0 Å². The number of allylic oxidation sites excluding steroid dienone is 1. The predicted octanol–water partition coefficient (Wildman–Crippen LogP) is 6.16. The van der Waals surface area contributed by atoms with Gasteiger partial charge >= 0.3 is 0 Å². The summed E-state index contributed by atoms with van der Waals surface area (Å²) in [6, 6.07) is 17.5. The molecule has 170 valence electrons. The number of aliphatic hydroxyl groups excluding tert-OH is 1. The SMILES string of the molecule is C=CCCC(O)CN(Cc1c(C)nn(-c2ccccc2)c1Oc1ccc(Cl)cc1)C(C)C. The minimum Gasteiger partial charge on any atom is -0.439 e. The average molecular weight is 454 g/mol. The molecule has 0 saturated heterocycles. The molecule has 0 bridgehead atoms. The Morgan fingerprint density at radius 1 is 1.16 bits per heavy atom. The fraction of sp³-hybridized carbons (Fsp3) is 0.346. The maximum atomic E-state index is 10.5. The lowest BCUT2D eigenvalue weighted by Crippen LogP contribution is -2.37. The molecule has 5 nitrogen and oxygen atoms in total. The van der Waals surface area contributed by atoms with Crippen LogP contribution in [0.1, 0.15) is 37.9 Å². The van der Waals surface area contributed by atoms with E-state index < -0.39 is 6.10 Å². The Bertz CT molecular complexity index is 1000. The highest BCUT2D eigenvalue weighted by atomic mass is 35.5. The number of halogens is 1. The molecule has 0 spiro atoms. The van der Waals surface area contributed by atoms with Crippen molar-refractivity contribution in [2.45, 2.75) is 52.3 Å². The van der Waals surface area contributed by atoms with Crippen molar-refractivity contribution in [3.8, 4) is 17.3 Å². The lowest BCUT2D eigenvalue weighted by Gasteiger charge is -2.29. The molecule has 0 fully saturated rings. The molecule has 1 aromatic heterocycles. The van der Waals surface area contributed by atoms with E-state index in [0.29, 0.717) is 36.2 Å². The first-order chi connectivity index (χ1) is 15.4. The molecule has 32 heavy (non-hydrogen) atoms. The molecule has 1 atom stereocenters. The van der Waals surface area contributed by atoms with Crippen molar-refractivity contribution in [1.82, 2.24) is 14.7 Å². The van der Waals surface area contributed by atoms with Crippen LogP contribution >= 0.6 is 11.6 Å². The zero-order chi connectivity index (χ0) is 23.1. The highest BCUT2D eigenvalue weighted by Crippen LogP contribution is 2.32. The van der Waals surface area contributed by atoms with Gasteiger partial charge in [-0.1, -0.05) is 35.9 Å². The molecule has 0 amide bonds. The van der Waals surface area contributed by atoms with Gasteiger partial charge in [-0.2, -0.15) is 5.10 Å². The van der Waals surface area contributed by atoms with Crippen molar-refractivity contribution in [3.05, 3.63) is 83.5 Å². The first-order valence-corrected chi connectivity index (χ1v) is 11.4. The van der Waals surface area contributed by atoms with E-state index in [2.05, 4.69) is 25.3 Å². The van der Waals surface area contributed by atoms with Gasteiger partial charge in [0.05, 0.1) is 23.0 Å². The van der Waals surface area contributed by atoms with Crippen molar-refractivity contribution in [3.63, 3.8) is 0 Å². The van der Waals surface area contributed by atoms with Crippen LogP contribution in [0.4, 0.5) is 0 Å². The van der Waals surface area contributed by atoms with Crippen molar-refractivity contribution in [2.24, 2.45) is 0 Å². The second-order valence-corrected chi connectivity index (χ2v) is 8.65. The summed E-state index contributed by atoms with van der Waals surface area (Å²) in [6.07, 6.45) is 2.92. The van der Waals surface area contributed by atoms with Gasteiger partial charge in [0.2, 0.25) is 5.88 Å². The van der Waals surface area contributed by atoms with Gasteiger partial charge in [-0.05, 0) is 70.0 Å². The first-order valence-electron chi connectivity index (χ1n) is 11.0. The molecule has 0 aliphatic heterocycles. The third-order valence-corrected chi connectivity index (χ3v) is 5.66.